The van der Waals surface area contributed by atoms with Gasteiger partial charge in [-0.1, -0.05) is 25.4 Å². The quantitative estimate of drug-likeness (QED) is 0.821. The van der Waals surface area contributed by atoms with E-state index in [1.807, 2.05) is 26.0 Å². The summed E-state index contributed by atoms with van der Waals surface area (Å²) in [5.74, 6) is -0.156. The van der Waals surface area contributed by atoms with Crippen LogP contribution in [0.2, 0.25) is 4.34 Å². The highest BCUT2D eigenvalue weighted by Crippen LogP contribution is 2.23. The molecule has 1 fully saturated rings. The Morgan fingerprint density at radius 1 is 1.40 bits per heavy atom. The molecule has 1 unspecified atom stereocenters. The Kier molecular flexibility index (Phi) is 5.18. The highest BCUT2D eigenvalue weighted by Gasteiger charge is 2.40. The molecule has 1 aliphatic rings. The molecule has 2 heterocycles. The third-order valence-electron chi connectivity index (χ3n) is 3.64. The zero-order chi connectivity index (χ0) is 14.7. The third kappa shape index (κ3) is 3.22. The second-order valence-corrected chi connectivity index (χ2v) is 6.72. The smallest absolute Gasteiger partial charge is 0.247 e. The first-order valence-corrected chi connectivity index (χ1v) is 8.09. The van der Waals surface area contributed by atoms with E-state index in [9.17, 15) is 9.59 Å². The van der Waals surface area contributed by atoms with Crippen LogP contribution in [0.1, 0.15) is 38.0 Å². The fraction of sp³-hybridized carbons (Fsp3) is 0.571. The number of halogens is 1. The lowest BCUT2D eigenvalue weighted by Crippen LogP contribution is -2.43. The highest BCUT2D eigenvalue weighted by atomic mass is 35.5. The molecule has 6 heteroatoms. The molecule has 20 heavy (non-hydrogen) atoms. The van der Waals surface area contributed by atoms with Gasteiger partial charge in [0.2, 0.25) is 11.8 Å². The molecule has 1 saturated heterocycles. The zero-order valence-electron chi connectivity index (χ0n) is 11.7. The summed E-state index contributed by atoms with van der Waals surface area (Å²) >= 11 is 7.35. The van der Waals surface area contributed by atoms with Gasteiger partial charge in [-0.05, 0) is 25.0 Å². The molecule has 110 valence electrons. The Morgan fingerprint density at radius 2 is 2.10 bits per heavy atom. The van der Waals surface area contributed by atoms with Crippen LogP contribution in [0.5, 0.6) is 0 Å². The molecule has 1 N–H and O–H groups in total. The van der Waals surface area contributed by atoms with Crippen molar-refractivity contribution in [1.82, 2.24) is 10.2 Å². The van der Waals surface area contributed by atoms with Crippen molar-refractivity contribution in [3.8, 4) is 0 Å². The second kappa shape index (κ2) is 6.70. The van der Waals surface area contributed by atoms with E-state index in [4.69, 9.17) is 11.6 Å². The molecule has 0 bridgehead atoms. The van der Waals surface area contributed by atoms with Crippen LogP contribution in [-0.4, -0.2) is 28.8 Å². The molecular weight excluding hydrogens is 296 g/mol. The molecule has 1 atom stereocenters. The van der Waals surface area contributed by atoms with E-state index in [0.29, 0.717) is 6.54 Å². The summed E-state index contributed by atoms with van der Waals surface area (Å²) in [6.07, 6.45) is 1.87. The van der Waals surface area contributed by atoms with Crippen LogP contribution in [0.25, 0.3) is 0 Å². The summed E-state index contributed by atoms with van der Waals surface area (Å²) in [6, 6.07) is 3.39. The predicted molar refractivity (Wildman–Crippen MR) is 80.8 cm³/mol. The van der Waals surface area contributed by atoms with Gasteiger partial charge < -0.3 is 5.32 Å². The van der Waals surface area contributed by atoms with E-state index in [2.05, 4.69) is 5.32 Å². The third-order valence-corrected chi connectivity index (χ3v) is 4.87. The Bertz CT molecular complexity index is 499. The maximum Gasteiger partial charge on any atom is 0.247 e. The van der Waals surface area contributed by atoms with Crippen molar-refractivity contribution < 1.29 is 9.59 Å². The molecule has 1 aliphatic heterocycles. The van der Waals surface area contributed by atoms with Gasteiger partial charge in [-0.25, -0.2) is 0 Å². The Morgan fingerprint density at radius 3 is 2.65 bits per heavy atom. The first kappa shape index (κ1) is 15.5. The van der Waals surface area contributed by atoms with Crippen molar-refractivity contribution >= 4 is 34.8 Å². The number of hydrogen-bond donors (Lipinski definition) is 1. The number of hydrogen-bond acceptors (Lipinski definition) is 4. The second-order valence-electron chi connectivity index (χ2n) is 4.92. The van der Waals surface area contributed by atoms with Crippen LogP contribution in [0.3, 0.4) is 0 Å². The van der Waals surface area contributed by atoms with Gasteiger partial charge in [-0.15, -0.1) is 11.3 Å². The van der Waals surface area contributed by atoms with Gasteiger partial charge in [0.25, 0.3) is 0 Å². The van der Waals surface area contributed by atoms with Crippen LogP contribution in [0, 0.1) is 0 Å². The zero-order valence-corrected chi connectivity index (χ0v) is 13.3. The number of nitrogens with zero attached hydrogens (tertiary/aromatic N) is 1. The van der Waals surface area contributed by atoms with E-state index >= 15 is 0 Å². The van der Waals surface area contributed by atoms with Gasteiger partial charge >= 0.3 is 0 Å². The van der Waals surface area contributed by atoms with E-state index in [1.165, 1.54) is 16.2 Å². The van der Waals surface area contributed by atoms with Crippen LogP contribution in [0.15, 0.2) is 12.1 Å². The topological polar surface area (TPSA) is 49.4 Å². The molecule has 0 spiro atoms. The van der Waals surface area contributed by atoms with E-state index in [0.717, 1.165) is 22.1 Å². The van der Waals surface area contributed by atoms with Gasteiger partial charge in [0.15, 0.2) is 0 Å². The number of carbonyl (C=O) groups excluding carboxylic acids is 2. The fourth-order valence-corrected chi connectivity index (χ4v) is 3.56. The number of imide groups is 1. The summed E-state index contributed by atoms with van der Waals surface area (Å²) in [6.45, 7) is 4.57. The first-order valence-electron chi connectivity index (χ1n) is 6.90. The molecule has 0 radical (unpaired) electrons. The van der Waals surface area contributed by atoms with E-state index < -0.39 is 6.04 Å². The van der Waals surface area contributed by atoms with Crippen molar-refractivity contribution in [2.75, 3.05) is 0 Å². The number of rotatable bonds is 6. The summed E-state index contributed by atoms with van der Waals surface area (Å²) < 4.78 is 0.731. The molecular formula is C14H19ClN2O2S. The number of carbonyl (C=O) groups is 2. The summed E-state index contributed by atoms with van der Waals surface area (Å²) in [5, 5.41) is 3.16. The first-order chi connectivity index (χ1) is 9.56. The maximum atomic E-state index is 12.3. The molecule has 0 saturated carbocycles. The molecule has 2 amide bonds. The minimum absolute atomic E-state index is 0.0259. The lowest BCUT2D eigenvalue weighted by atomic mass is 10.1. The van der Waals surface area contributed by atoms with Crippen molar-refractivity contribution in [3.05, 3.63) is 21.3 Å². The Hall–Kier alpha value is -0.910. The summed E-state index contributed by atoms with van der Waals surface area (Å²) in [5.41, 5.74) is 0. The van der Waals surface area contributed by atoms with E-state index in [1.54, 1.807) is 0 Å². The Balaban J connectivity index is 1.97. The molecule has 4 nitrogen and oxygen atoms in total. The highest BCUT2D eigenvalue weighted by molar-refractivity contribution is 7.16. The fourth-order valence-electron chi connectivity index (χ4n) is 2.52. The number of thiophene rings is 1. The largest absolute Gasteiger partial charge is 0.300 e. The average molecular weight is 315 g/mol. The summed E-state index contributed by atoms with van der Waals surface area (Å²) in [7, 11) is 0. The normalized spacial score (nSPS) is 19.4. The SMILES string of the molecule is CCC(CC)N1C(=O)CC(NCc2ccc(Cl)s2)C1=O. The lowest BCUT2D eigenvalue weighted by molar-refractivity contribution is -0.141. The van der Waals surface area contributed by atoms with Gasteiger partial charge in [0.1, 0.15) is 0 Å². The monoisotopic (exact) mass is 314 g/mol. The van der Waals surface area contributed by atoms with Crippen molar-refractivity contribution in [2.45, 2.75) is 51.7 Å². The molecule has 1 aromatic heterocycles. The van der Waals surface area contributed by atoms with Crippen molar-refractivity contribution in [2.24, 2.45) is 0 Å². The van der Waals surface area contributed by atoms with Crippen molar-refractivity contribution in [3.63, 3.8) is 0 Å². The number of nitrogens with one attached hydrogen (secondary N) is 1. The molecule has 1 aromatic rings. The molecule has 0 aliphatic carbocycles. The van der Waals surface area contributed by atoms with Crippen molar-refractivity contribution in [1.29, 1.82) is 0 Å². The predicted octanol–water partition coefficient (Wildman–Crippen LogP) is 2.81. The average Bonchev–Trinajstić information content (AvgIpc) is 2.95. The van der Waals surface area contributed by atoms with Crippen LogP contribution < -0.4 is 5.32 Å². The standard InChI is InChI=1S/C14H19ClN2O2S/c1-3-9(4-2)17-13(18)7-11(14(17)19)16-8-10-5-6-12(15)20-10/h5-6,9,11,16H,3-4,7-8H2,1-2H3. The number of amides is 2. The van der Waals surface area contributed by atoms with Crippen LogP contribution >= 0.6 is 22.9 Å². The van der Waals surface area contributed by atoms with E-state index in [-0.39, 0.29) is 24.3 Å². The lowest BCUT2D eigenvalue weighted by Gasteiger charge is -2.24. The van der Waals surface area contributed by atoms with Gasteiger partial charge in [-0.2, -0.15) is 0 Å². The van der Waals surface area contributed by atoms with Crippen LogP contribution in [0.4, 0.5) is 0 Å². The van der Waals surface area contributed by atoms with Gasteiger partial charge in [0, 0.05) is 17.5 Å². The van der Waals surface area contributed by atoms with Gasteiger partial charge in [0.05, 0.1) is 16.8 Å². The molecule has 0 aromatic carbocycles. The van der Waals surface area contributed by atoms with Gasteiger partial charge in [-0.3, -0.25) is 14.5 Å². The van der Waals surface area contributed by atoms with Crippen LogP contribution in [-0.2, 0) is 16.1 Å². The Labute approximate surface area is 128 Å². The minimum atomic E-state index is -0.399. The maximum absolute atomic E-state index is 12.3. The number of likely N-dealkylation sites (tertiary alicyclic amines) is 1. The minimum Gasteiger partial charge on any atom is -0.300 e. The summed E-state index contributed by atoms with van der Waals surface area (Å²) in [4.78, 5) is 26.8. The molecule has 2 rings (SSSR count).